The standard InChI is InChI=1S/C9H13N3O2/c1-12-4-2-7(6-12)9-10-8(3-5-13)11-14-9/h5,7H,2-4,6H2,1H3. The number of rotatable bonds is 3. The maximum atomic E-state index is 10.2. The van der Waals surface area contributed by atoms with Crippen molar-refractivity contribution in [1.82, 2.24) is 15.0 Å². The van der Waals surface area contributed by atoms with Gasteiger partial charge in [0, 0.05) is 6.54 Å². The maximum absolute atomic E-state index is 10.2. The van der Waals surface area contributed by atoms with E-state index in [-0.39, 0.29) is 6.42 Å². The SMILES string of the molecule is CN1CCC(c2nc(CC=O)no2)C1. The number of aldehydes is 1. The van der Waals surface area contributed by atoms with E-state index < -0.39 is 0 Å². The van der Waals surface area contributed by atoms with Crippen molar-refractivity contribution in [3.05, 3.63) is 11.7 Å². The lowest BCUT2D eigenvalue weighted by Crippen LogP contribution is -2.13. The van der Waals surface area contributed by atoms with Crippen LogP contribution in [-0.2, 0) is 11.2 Å². The number of hydrogen-bond acceptors (Lipinski definition) is 5. The fraction of sp³-hybridized carbons (Fsp3) is 0.667. The Kier molecular flexibility index (Phi) is 2.58. The van der Waals surface area contributed by atoms with E-state index in [1.165, 1.54) is 0 Å². The van der Waals surface area contributed by atoms with E-state index in [1.54, 1.807) is 0 Å². The molecule has 1 aliphatic rings. The molecule has 5 heteroatoms. The molecule has 76 valence electrons. The third kappa shape index (κ3) is 1.82. The molecule has 1 atom stereocenters. The monoisotopic (exact) mass is 195 g/mol. The Bertz CT molecular complexity index is 324. The average Bonchev–Trinajstić information content (AvgIpc) is 2.74. The summed E-state index contributed by atoms with van der Waals surface area (Å²) in [7, 11) is 2.07. The Morgan fingerprint density at radius 1 is 1.71 bits per heavy atom. The minimum Gasteiger partial charge on any atom is -0.339 e. The zero-order chi connectivity index (χ0) is 9.97. The second kappa shape index (κ2) is 3.88. The van der Waals surface area contributed by atoms with Gasteiger partial charge in [0.05, 0.1) is 12.3 Å². The van der Waals surface area contributed by atoms with Gasteiger partial charge in [-0.05, 0) is 20.0 Å². The van der Waals surface area contributed by atoms with Crippen LogP contribution >= 0.6 is 0 Å². The molecule has 2 heterocycles. The highest BCUT2D eigenvalue weighted by Crippen LogP contribution is 2.24. The van der Waals surface area contributed by atoms with E-state index >= 15 is 0 Å². The second-order valence-corrected chi connectivity index (χ2v) is 3.67. The second-order valence-electron chi connectivity index (χ2n) is 3.67. The highest BCUT2D eigenvalue weighted by atomic mass is 16.5. The van der Waals surface area contributed by atoms with E-state index in [2.05, 4.69) is 22.1 Å². The van der Waals surface area contributed by atoms with Gasteiger partial charge in [-0.1, -0.05) is 5.16 Å². The molecule has 0 aliphatic carbocycles. The highest BCUT2D eigenvalue weighted by Gasteiger charge is 2.25. The number of carbonyl (C=O) groups excluding carboxylic acids is 1. The summed E-state index contributed by atoms with van der Waals surface area (Å²) in [6, 6.07) is 0. The van der Waals surface area contributed by atoms with Gasteiger partial charge in [0.15, 0.2) is 5.82 Å². The molecule has 2 rings (SSSR count). The summed E-state index contributed by atoms with van der Waals surface area (Å²) in [6.45, 7) is 2.03. The van der Waals surface area contributed by atoms with Crippen LogP contribution in [0.4, 0.5) is 0 Å². The van der Waals surface area contributed by atoms with Gasteiger partial charge < -0.3 is 14.2 Å². The molecular weight excluding hydrogens is 182 g/mol. The number of aromatic nitrogens is 2. The molecule has 0 spiro atoms. The molecular formula is C9H13N3O2. The molecule has 1 aliphatic heterocycles. The smallest absolute Gasteiger partial charge is 0.231 e. The van der Waals surface area contributed by atoms with Crippen molar-refractivity contribution in [2.45, 2.75) is 18.8 Å². The molecule has 0 N–H and O–H groups in total. The Balaban J connectivity index is 2.05. The fourth-order valence-electron chi connectivity index (χ4n) is 1.73. The molecule has 5 nitrogen and oxygen atoms in total. The maximum Gasteiger partial charge on any atom is 0.231 e. The van der Waals surface area contributed by atoms with Crippen LogP contribution in [0.2, 0.25) is 0 Å². The first-order valence-corrected chi connectivity index (χ1v) is 4.74. The van der Waals surface area contributed by atoms with E-state index in [0.717, 1.165) is 25.8 Å². The Hall–Kier alpha value is -1.23. The van der Waals surface area contributed by atoms with Crippen LogP contribution in [0.3, 0.4) is 0 Å². The van der Waals surface area contributed by atoms with Crippen molar-refractivity contribution in [3.63, 3.8) is 0 Å². The molecule has 0 amide bonds. The van der Waals surface area contributed by atoms with Crippen LogP contribution < -0.4 is 0 Å². The number of nitrogens with zero attached hydrogens (tertiary/aromatic N) is 3. The molecule has 14 heavy (non-hydrogen) atoms. The topological polar surface area (TPSA) is 59.2 Å². The van der Waals surface area contributed by atoms with Gasteiger partial charge in [0.25, 0.3) is 0 Å². The van der Waals surface area contributed by atoms with Gasteiger partial charge in [-0.2, -0.15) is 4.98 Å². The van der Waals surface area contributed by atoms with Crippen molar-refractivity contribution in [1.29, 1.82) is 0 Å². The Morgan fingerprint density at radius 3 is 3.21 bits per heavy atom. The molecule has 0 saturated carbocycles. The summed E-state index contributed by atoms with van der Waals surface area (Å²) < 4.78 is 5.10. The Labute approximate surface area is 82.1 Å². The normalized spacial score (nSPS) is 22.8. The number of hydrogen-bond donors (Lipinski definition) is 0. The van der Waals surface area contributed by atoms with Crippen LogP contribution in [0.25, 0.3) is 0 Å². The minimum atomic E-state index is 0.242. The minimum absolute atomic E-state index is 0.242. The van der Waals surface area contributed by atoms with Crippen LogP contribution in [0.15, 0.2) is 4.52 Å². The molecule has 1 aromatic heterocycles. The van der Waals surface area contributed by atoms with Crippen molar-refractivity contribution in [3.8, 4) is 0 Å². The van der Waals surface area contributed by atoms with Gasteiger partial charge >= 0.3 is 0 Å². The van der Waals surface area contributed by atoms with Gasteiger partial charge in [-0.25, -0.2) is 0 Å². The molecule has 1 fully saturated rings. The molecule has 0 radical (unpaired) electrons. The average molecular weight is 195 g/mol. The van der Waals surface area contributed by atoms with Gasteiger partial charge in [0.1, 0.15) is 6.29 Å². The zero-order valence-corrected chi connectivity index (χ0v) is 8.14. The fourth-order valence-corrected chi connectivity index (χ4v) is 1.73. The van der Waals surface area contributed by atoms with E-state index in [1.807, 2.05) is 0 Å². The molecule has 1 aromatic rings. The largest absolute Gasteiger partial charge is 0.339 e. The quantitative estimate of drug-likeness (QED) is 0.646. The van der Waals surface area contributed by atoms with E-state index in [4.69, 9.17) is 4.52 Å². The van der Waals surface area contributed by atoms with Crippen molar-refractivity contribution < 1.29 is 9.32 Å². The van der Waals surface area contributed by atoms with Crippen molar-refractivity contribution >= 4 is 6.29 Å². The summed E-state index contributed by atoms with van der Waals surface area (Å²) >= 11 is 0. The highest BCUT2D eigenvalue weighted by molar-refractivity contribution is 5.52. The van der Waals surface area contributed by atoms with Crippen LogP contribution in [0.5, 0.6) is 0 Å². The first kappa shape index (κ1) is 9.33. The first-order valence-electron chi connectivity index (χ1n) is 4.74. The van der Waals surface area contributed by atoms with Crippen LogP contribution in [0.1, 0.15) is 24.1 Å². The number of likely N-dealkylation sites (N-methyl/N-ethyl adjacent to an activating group) is 1. The molecule has 0 aromatic carbocycles. The predicted octanol–water partition coefficient (Wildman–Crippen LogP) is 0.230. The summed E-state index contributed by atoms with van der Waals surface area (Å²) in [4.78, 5) is 16.6. The molecule has 1 unspecified atom stereocenters. The first-order chi connectivity index (χ1) is 6.79. The van der Waals surface area contributed by atoms with Crippen LogP contribution in [0, 0.1) is 0 Å². The Morgan fingerprint density at radius 2 is 2.57 bits per heavy atom. The van der Waals surface area contributed by atoms with Gasteiger partial charge in [0.2, 0.25) is 5.89 Å². The summed E-state index contributed by atoms with van der Waals surface area (Å²) in [6.07, 6.45) is 2.08. The third-order valence-corrected chi connectivity index (χ3v) is 2.49. The number of carbonyl (C=O) groups is 1. The van der Waals surface area contributed by atoms with E-state index in [9.17, 15) is 4.79 Å². The summed E-state index contributed by atoms with van der Waals surface area (Å²) in [5.41, 5.74) is 0. The lowest BCUT2D eigenvalue weighted by atomic mass is 10.1. The lowest BCUT2D eigenvalue weighted by molar-refractivity contribution is -0.107. The van der Waals surface area contributed by atoms with Crippen molar-refractivity contribution in [2.24, 2.45) is 0 Å². The molecule has 1 saturated heterocycles. The predicted molar refractivity (Wildman–Crippen MR) is 48.9 cm³/mol. The lowest BCUT2D eigenvalue weighted by Gasteiger charge is -2.04. The van der Waals surface area contributed by atoms with E-state index in [0.29, 0.717) is 17.6 Å². The van der Waals surface area contributed by atoms with Gasteiger partial charge in [-0.15, -0.1) is 0 Å². The summed E-state index contributed by atoms with van der Waals surface area (Å²) in [5, 5.41) is 3.74. The van der Waals surface area contributed by atoms with Crippen molar-refractivity contribution in [2.75, 3.05) is 20.1 Å². The van der Waals surface area contributed by atoms with Gasteiger partial charge in [-0.3, -0.25) is 0 Å². The zero-order valence-electron chi connectivity index (χ0n) is 8.14. The molecule has 0 bridgehead atoms. The number of likely N-dealkylation sites (tertiary alicyclic amines) is 1. The third-order valence-electron chi connectivity index (χ3n) is 2.49. The van der Waals surface area contributed by atoms with Crippen LogP contribution in [-0.4, -0.2) is 41.5 Å². The summed E-state index contributed by atoms with van der Waals surface area (Å²) in [5.74, 6) is 1.50.